The molecule has 28 heavy (non-hydrogen) atoms. The Morgan fingerprint density at radius 2 is 2.11 bits per heavy atom. The maximum absolute atomic E-state index is 12.2. The van der Waals surface area contributed by atoms with Crippen LogP contribution in [0.15, 0.2) is 23.6 Å². The van der Waals surface area contributed by atoms with E-state index in [2.05, 4.69) is 25.6 Å². The summed E-state index contributed by atoms with van der Waals surface area (Å²) in [6.07, 6.45) is 2.53. The number of aromatic nitrogens is 1. The highest BCUT2D eigenvalue weighted by atomic mass is 16.6. The third kappa shape index (κ3) is 5.75. The van der Waals surface area contributed by atoms with Crippen molar-refractivity contribution in [2.45, 2.75) is 64.1 Å². The zero-order chi connectivity index (χ0) is 20.9. The van der Waals surface area contributed by atoms with Crippen LogP contribution in [-0.2, 0) is 4.74 Å². The molecule has 1 aromatic rings. The molecular formula is C18H26N6O4. The molecule has 1 heterocycles. The third-order valence-electron chi connectivity index (χ3n) is 4.61. The number of nitrogens with one attached hydrogen (secondary N) is 2. The van der Waals surface area contributed by atoms with Gasteiger partial charge in [-0.05, 0) is 62.6 Å². The predicted molar refractivity (Wildman–Crippen MR) is 103 cm³/mol. The Balaban J connectivity index is 2.26. The van der Waals surface area contributed by atoms with Crippen molar-refractivity contribution in [2.75, 3.05) is 5.32 Å². The number of rotatable bonds is 4. The van der Waals surface area contributed by atoms with Crippen molar-refractivity contribution in [1.29, 1.82) is 0 Å². The number of pyridine rings is 1. The molecule has 1 aliphatic rings. The molecule has 0 aromatic carbocycles. The van der Waals surface area contributed by atoms with Crippen LogP contribution in [0.5, 0.6) is 0 Å². The highest BCUT2D eigenvalue weighted by Crippen LogP contribution is 2.40. The lowest BCUT2D eigenvalue weighted by molar-refractivity contribution is 0.0635. The molecule has 1 aliphatic carbocycles. The van der Waals surface area contributed by atoms with Gasteiger partial charge in [0.15, 0.2) is 0 Å². The van der Waals surface area contributed by atoms with E-state index in [4.69, 9.17) is 15.4 Å². The van der Waals surface area contributed by atoms with E-state index in [1.807, 2.05) is 6.92 Å². The van der Waals surface area contributed by atoms with Crippen LogP contribution in [0.3, 0.4) is 0 Å². The fourth-order valence-electron chi connectivity index (χ4n) is 3.62. The van der Waals surface area contributed by atoms with Crippen molar-refractivity contribution >= 4 is 17.9 Å². The second kappa shape index (κ2) is 8.79. The molecule has 2 amide bonds. The number of carbonyl (C=O) groups is 2. The molecule has 152 valence electrons. The van der Waals surface area contributed by atoms with Crippen molar-refractivity contribution in [1.82, 2.24) is 10.3 Å². The first-order valence-electron chi connectivity index (χ1n) is 9.08. The first-order chi connectivity index (χ1) is 13.1. The van der Waals surface area contributed by atoms with Gasteiger partial charge in [-0.2, -0.15) is 0 Å². The maximum Gasteiger partial charge on any atom is 0.412 e. The molecule has 0 unspecified atom stereocenters. The van der Waals surface area contributed by atoms with Gasteiger partial charge in [-0.1, -0.05) is 12.0 Å². The highest BCUT2D eigenvalue weighted by molar-refractivity contribution is 5.85. The van der Waals surface area contributed by atoms with Crippen LogP contribution < -0.4 is 10.6 Å². The van der Waals surface area contributed by atoms with E-state index in [0.717, 1.165) is 5.56 Å². The van der Waals surface area contributed by atoms with Crippen LogP contribution in [0.2, 0.25) is 0 Å². The van der Waals surface area contributed by atoms with E-state index < -0.39 is 29.9 Å². The molecular weight excluding hydrogens is 364 g/mol. The Labute approximate surface area is 163 Å². The molecule has 3 N–H and O–H groups in total. The SMILES string of the molecule is C[C@@H]1C[C@H](c2ccncc2NC(=O)OC(C)(C)C)C[C@H](NC(=O)O)[C@@H]1N=[N+]=[N-]. The van der Waals surface area contributed by atoms with Gasteiger partial charge in [-0.25, -0.2) is 9.59 Å². The van der Waals surface area contributed by atoms with Crippen LogP contribution >= 0.6 is 0 Å². The molecule has 0 aliphatic heterocycles. The third-order valence-corrected chi connectivity index (χ3v) is 4.61. The summed E-state index contributed by atoms with van der Waals surface area (Å²) in [5, 5.41) is 18.1. The minimum absolute atomic E-state index is 0.0472. The average molecular weight is 390 g/mol. The molecule has 0 spiro atoms. The first kappa shape index (κ1) is 21.3. The fourth-order valence-corrected chi connectivity index (χ4v) is 3.62. The number of azide groups is 1. The van der Waals surface area contributed by atoms with Crippen molar-refractivity contribution in [2.24, 2.45) is 11.0 Å². The van der Waals surface area contributed by atoms with Crippen LogP contribution in [0, 0.1) is 5.92 Å². The molecule has 0 bridgehead atoms. The number of ether oxygens (including phenoxy) is 1. The zero-order valence-electron chi connectivity index (χ0n) is 16.4. The molecule has 4 atom stereocenters. The summed E-state index contributed by atoms with van der Waals surface area (Å²) in [6.45, 7) is 7.25. The molecule has 1 aromatic heterocycles. The van der Waals surface area contributed by atoms with E-state index in [-0.39, 0.29) is 11.8 Å². The van der Waals surface area contributed by atoms with Crippen molar-refractivity contribution in [3.8, 4) is 0 Å². The van der Waals surface area contributed by atoms with Gasteiger partial charge in [0, 0.05) is 17.2 Å². The molecule has 0 radical (unpaired) electrons. The average Bonchev–Trinajstić information content (AvgIpc) is 2.56. The summed E-state index contributed by atoms with van der Waals surface area (Å²) in [4.78, 5) is 30.3. The number of hydrogen-bond donors (Lipinski definition) is 3. The second-order valence-electron chi connectivity index (χ2n) is 7.99. The van der Waals surface area contributed by atoms with E-state index >= 15 is 0 Å². The van der Waals surface area contributed by atoms with Gasteiger partial charge >= 0.3 is 12.2 Å². The monoisotopic (exact) mass is 390 g/mol. The number of nitrogens with zero attached hydrogens (tertiary/aromatic N) is 4. The van der Waals surface area contributed by atoms with Gasteiger partial charge in [0.1, 0.15) is 5.60 Å². The van der Waals surface area contributed by atoms with Crippen LogP contribution in [0.4, 0.5) is 15.3 Å². The lowest BCUT2D eigenvalue weighted by Crippen LogP contribution is -2.48. The molecule has 0 saturated heterocycles. The predicted octanol–water partition coefficient (Wildman–Crippen LogP) is 4.26. The molecule has 1 saturated carbocycles. The summed E-state index contributed by atoms with van der Waals surface area (Å²) in [5.74, 6) is -0.0982. The van der Waals surface area contributed by atoms with Gasteiger partial charge in [0.25, 0.3) is 0 Å². The number of anilines is 1. The van der Waals surface area contributed by atoms with Crippen molar-refractivity contribution in [3.63, 3.8) is 0 Å². The topological polar surface area (TPSA) is 149 Å². The Morgan fingerprint density at radius 3 is 2.71 bits per heavy atom. The van der Waals surface area contributed by atoms with Crippen LogP contribution in [0.25, 0.3) is 10.4 Å². The Morgan fingerprint density at radius 1 is 1.39 bits per heavy atom. The van der Waals surface area contributed by atoms with Crippen LogP contribution in [-0.4, -0.2) is 40.0 Å². The summed E-state index contributed by atoms with van der Waals surface area (Å²) in [7, 11) is 0. The van der Waals surface area contributed by atoms with Crippen LogP contribution in [0.1, 0.15) is 52.0 Å². The van der Waals surface area contributed by atoms with E-state index in [0.29, 0.717) is 18.5 Å². The second-order valence-corrected chi connectivity index (χ2v) is 7.99. The molecule has 10 nitrogen and oxygen atoms in total. The number of carboxylic acid groups (broad SMARTS) is 1. The van der Waals surface area contributed by atoms with Crippen molar-refractivity contribution < 1.29 is 19.4 Å². The van der Waals surface area contributed by atoms with Gasteiger partial charge < -0.3 is 15.2 Å². The Kier molecular flexibility index (Phi) is 6.69. The van der Waals surface area contributed by atoms with E-state index in [1.165, 1.54) is 0 Å². The van der Waals surface area contributed by atoms with Gasteiger partial charge in [-0.3, -0.25) is 10.3 Å². The number of hydrogen-bond acceptors (Lipinski definition) is 5. The van der Waals surface area contributed by atoms with E-state index in [1.54, 1.807) is 39.2 Å². The standard InChI is InChI=1S/C18H26N6O4/c1-10-7-11(8-13(21-16(25)26)15(10)23-24-19)12-5-6-20-9-14(12)22-17(27)28-18(2,3)4/h5-6,9-11,13,15,21H,7-8H2,1-4H3,(H,22,27)(H,25,26)/t10-,11+,13+,15-/m1/s1. The fraction of sp³-hybridized carbons (Fsp3) is 0.611. The quantitative estimate of drug-likeness (QED) is 0.399. The van der Waals surface area contributed by atoms with Gasteiger partial charge in [-0.15, -0.1) is 0 Å². The summed E-state index contributed by atoms with van der Waals surface area (Å²) >= 11 is 0. The molecule has 10 heteroatoms. The zero-order valence-corrected chi connectivity index (χ0v) is 16.4. The smallest absolute Gasteiger partial charge is 0.412 e. The summed E-state index contributed by atoms with van der Waals surface area (Å²) in [6, 6.07) is 0.807. The minimum Gasteiger partial charge on any atom is -0.465 e. The summed E-state index contributed by atoms with van der Waals surface area (Å²) in [5.41, 5.74) is 9.54. The lowest BCUT2D eigenvalue weighted by atomic mass is 9.73. The normalized spacial score (nSPS) is 24.6. The summed E-state index contributed by atoms with van der Waals surface area (Å²) < 4.78 is 5.30. The number of amides is 2. The van der Waals surface area contributed by atoms with E-state index in [9.17, 15) is 9.59 Å². The minimum atomic E-state index is -1.17. The largest absolute Gasteiger partial charge is 0.465 e. The Hall–Kier alpha value is -3.00. The van der Waals surface area contributed by atoms with Crippen molar-refractivity contribution in [3.05, 3.63) is 34.5 Å². The lowest BCUT2D eigenvalue weighted by Gasteiger charge is -2.38. The Bertz CT molecular complexity index is 772. The van der Waals surface area contributed by atoms with Gasteiger partial charge in [0.05, 0.1) is 17.9 Å². The first-order valence-corrected chi connectivity index (χ1v) is 9.08. The molecule has 1 fully saturated rings. The van der Waals surface area contributed by atoms with Gasteiger partial charge in [0.2, 0.25) is 0 Å². The molecule has 2 rings (SSSR count). The maximum atomic E-state index is 12.2. The number of carbonyl (C=O) groups excluding carboxylic acids is 1. The highest BCUT2D eigenvalue weighted by Gasteiger charge is 2.37.